The number of rotatable bonds is 3. The molecule has 1 amide bonds. The molecule has 6 heteroatoms. The van der Waals surface area contributed by atoms with Gasteiger partial charge in [-0.2, -0.15) is 0 Å². The molecule has 1 aliphatic rings. The molecule has 0 saturated carbocycles. The van der Waals surface area contributed by atoms with Gasteiger partial charge in [0.15, 0.2) is 0 Å². The average Bonchev–Trinajstić information content (AvgIpc) is 2.54. The van der Waals surface area contributed by atoms with Crippen molar-refractivity contribution in [3.8, 4) is 0 Å². The fourth-order valence-corrected chi connectivity index (χ4v) is 2.19. The smallest absolute Gasteiger partial charge is 0.415 e. The van der Waals surface area contributed by atoms with Gasteiger partial charge in [-0.3, -0.25) is 9.69 Å². The van der Waals surface area contributed by atoms with Gasteiger partial charge in [-0.25, -0.2) is 4.79 Å². The minimum atomic E-state index is -0.983. The number of carboxylic acid groups (broad SMARTS) is 1. The molecular formula is C12H12BrNO4. The third-order valence-corrected chi connectivity index (χ3v) is 3.24. The van der Waals surface area contributed by atoms with Crippen molar-refractivity contribution in [2.24, 2.45) is 0 Å². The second-order valence-corrected chi connectivity index (χ2v) is 5.37. The van der Waals surface area contributed by atoms with Gasteiger partial charge in [0, 0.05) is 10.2 Å². The van der Waals surface area contributed by atoms with Crippen LogP contribution >= 0.6 is 15.9 Å². The van der Waals surface area contributed by atoms with Crippen molar-refractivity contribution >= 4 is 33.7 Å². The first kappa shape index (κ1) is 12.9. The van der Waals surface area contributed by atoms with Crippen LogP contribution in [0, 0.1) is 0 Å². The summed E-state index contributed by atoms with van der Waals surface area (Å²) in [5.74, 6) is -0.983. The molecule has 1 unspecified atom stereocenters. The minimum Gasteiger partial charge on any atom is -0.481 e. The Kier molecular flexibility index (Phi) is 3.30. The monoisotopic (exact) mass is 313 g/mol. The third kappa shape index (κ3) is 2.64. The maximum atomic E-state index is 11.8. The number of anilines is 1. The lowest BCUT2D eigenvalue weighted by Gasteiger charge is -2.19. The van der Waals surface area contributed by atoms with Crippen molar-refractivity contribution in [2.75, 3.05) is 11.4 Å². The predicted octanol–water partition coefficient (Wildman–Crippen LogP) is 2.64. The molecule has 0 aliphatic carbocycles. The van der Waals surface area contributed by atoms with Gasteiger partial charge in [-0.1, -0.05) is 15.9 Å². The van der Waals surface area contributed by atoms with Crippen LogP contribution in [0.2, 0.25) is 0 Å². The van der Waals surface area contributed by atoms with Crippen molar-refractivity contribution in [2.45, 2.75) is 18.9 Å². The Morgan fingerprint density at radius 1 is 1.50 bits per heavy atom. The summed E-state index contributed by atoms with van der Waals surface area (Å²) in [6.45, 7) is 1.86. The van der Waals surface area contributed by atoms with Crippen LogP contribution in [0.15, 0.2) is 28.7 Å². The average molecular weight is 314 g/mol. The molecule has 1 aromatic rings. The van der Waals surface area contributed by atoms with Crippen LogP contribution in [0.5, 0.6) is 0 Å². The second-order valence-electron chi connectivity index (χ2n) is 4.45. The molecule has 0 aromatic heterocycles. The number of hydrogen-bond acceptors (Lipinski definition) is 3. The zero-order valence-corrected chi connectivity index (χ0v) is 11.3. The third-order valence-electron chi connectivity index (χ3n) is 2.71. The lowest BCUT2D eigenvalue weighted by atomic mass is 10.0. The van der Waals surface area contributed by atoms with Gasteiger partial charge < -0.3 is 9.84 Å². The standard InChI is InChI=1S/C12H12BrNO4/c1-12(6-10(15)16)7-14(11(17)18-12)9-4-2-8(13)3-5-9/h2-5H,6-7H2,1H3,(H,15,16). The fraction of sp³-hybridized carbons (Fsp3) is 0.333. The molecule has 0 bridgehead atoms. The van der Waals surface area contributed by atoms with E-state index in [9.17, 15) is 9.59 Å². The van der Waals surface area contributed by atoms with E-state index in [1.165, 1.54) is 4.90 Å². The fourth-order valence-electron chi connectivity index (χ4n) is 1.93. The van der Waals surface area contributed by atoms with Gasteiger partial charge in [-0.05, 0) is 31.2 Å². The Bertz CT molecular complexity index is 487. The van der Waals surface area contributed by atoms with Gasteiger partial charge in [-0.15, -0.1) is 0 Å². The van der Waals surface area contributed by atoms with Crippen LogP contribution in [0.3, 0.4) is 0 Å². The van der Waals surface area contributed by atoms with Gasteiger partial charge in [0.1, 0.15) is 5.60 Å². The highest BCUT2D eigenvalue weighted by Gasteiger charge is 2.43. The van der Waals surface area contributed by atoms with Crippen LogP contribution in [0.4, 0.5) is 10.5 Å². The normalized spacial score (nSPS) is 23.0. The molecule has 1 N–H and O–H groups in total. The number of nitrogens with zero attached hydrogens (tertiary/aromatic N) is 1. The van der Waals surface area contributed by atoms with Crippen LogP contribution in [0.1, 0.15) is 13.3 Å². The summed E-state index contributed by atoms with van der Waals surface area (Å²) in [5.41, 5.74) is -0.284. The van der Waals surface area contributed by atoms with Crippen molar-refractivity contribution in [1.29, 1.82) is 0 Å². The summed E-state index contributed by atoms with van der Waals surface area (Å²) in [4.78, 5) is 23.9. The van der Waals surface area contributed by atoms with Gasteiger partial charge >= 0.3 is 12.1 Å². The quantitative estimate of drug-likeness (QED) is 0.931. The van der Waals surface area contributed by atoms with E-state index in [4.69, 9.17) is 9.84 Å². The van der Waals surface area contributed by atoms with Gasteiger partial charge in [0.05, 0.1) is 13.0 Å². The second kappa shape index (κ2) is 4.61. The van der Waals surface area contributed by atoms with Gasteiger partial charge in [0.25, 0.3) is 0 Å². The molecule has 2 rings (SSSR count). The van der Waals surface area contributed by atoms with Crippen LogP contribution < -0.4 is 4.90 Å². The highest BCUT2D eigenvalue weighted by atomic mass is 79.9. The van der Waals surface area contributed by atoms with E-state index in [2.05, 4.69) is 15.9 Å². The molecule has 0 spiro atoms. The summed E-state index contributed by atoms with van der Waals surface area (Å²) < 4.78 is 6.06. The molecule has 1 aromatic carbocycles. The number of aliphatic carboxylic acids is 1. The SMILES string of the molecule is CC1(CC(=O)O)CN(c2ccc(Br)cc2)C(=O)O1. The summed E-state index contributed by atoms with van der Waals surface area (Å²) in [6.07, 6.45) is -0.716. The molecule has 96 valence electrons. The number of ether oxygens (including phenoxy) is 1. The Labute approximate surface area is 112 Å². The van der Waals surface area contributed by atoms with E-state index in [0.717, 1.165) is 4.47 Å². The summed E-state index contributed by atoms with van der Waals surface area (Å²) in [5, 5.41) is 8.80. The van der Waals surface area contributed by atoms with Crippen molar-refractivity contribution < 1.29 is 19.4 Å². The van der Waals surface area contributed by atoms with Gasteiger partial charge in [0.2, 0.25) is 0 Å². The number of cyclic esters (lactones) is 1. The molecule has 1 aliphatic heterocycles. The summed E-state index contributed by atoms with van der Waals surface area (Å²) in [6, 6.07) is 7.18. The maximum absolute atomic E-state index is 11.8. The number of carbonyl (C=O) groups is 2. The van der Waals surface area contributed by atoms with E-state index >= 15 is 0 Å². The lowest BCUT2D eigenvalue weighted by molar-refractivity contribution is -0.140. The van der Waals surface area contributed by atoms with Crippen LogP contribution in [-0.2, 0) is 9.53 Å². The first-order valence-corrected chi connectivity index (χ1v) is 6.17. The molecule has 1 saturated heterocycles. The lowest BCUT2D eigenvalue weighted by Crippen LogP contribution is -2.33. The van der Waals surface area contributed by atoms with Crippen LogP contribution in [-0.4, -0.2) is 29.3 Å². The maximum Gasteiger partial charge on any atom is 0.415 e. The van der Waals surface area contributed by atoms with E-state index in [1.807, 2.05) is 12.1 Å². The topological polar surface area (TPSA) is 66.8 Å². The molecule has 1 atom stereocenters. The molecular weight excluding hydrogens is 302 g/mol. The predicted molar refractivity (Wildman–Crippen MR) is 68.6 cm³/mol. The molecule has 1 heterocycles. The number of carbonyl (C=O) groups excluding carboxylic acids is 1. The highest BCUT2D eigenvalue weighted by Crippen LogP contribution is 2.30. The van der Waals surface area contributed by atoms with E-state index < -0.39 is 17.7 Å². The Hall–Kier alpha value is -1.56. The molecule has 0 radical (unpaired) electrons. The molecule has 18 heavy (non-hydrogen) atoms. The Balaban J connectivity index is 2.19. The van der Waals surface area contributed by atoms with Crippen molar-refractivity contribution in [3.63, 3.8) is 0 Å². The molecule has 1 fully saturated rings. The molecule has 5 nitrogen and oxygen atoms in total. The number of amides is 1. The number of carboxylic acids is 1. The summed E-state index contributed by atoms with van der Waals surface area (Å²) in [7, 11) is 0. The Morgan fingerprint density at radius 3 is 2.67 bits per heavy atom. The number of hydrogen-bond donors (Lipinski definition) is 1. The van der Waals surface area contributed by atoms with E-state index in [-0.39, 0.29) is 13.0 Å². The zero-order chi connectivity index (χ0) is 13.3. The summed E-state index contributed by atoms with van der Waals surface area (Å²) >= 11 is 3.31. The minimum absolute atomic E-state index is 0.203. The first-order valence-electron chi connectivity index (χ1n) is 5.37. The Morgan fingerprint density at radius 2 is 2.11 bits per heavy atom. The number of halogens is 1. The first-order chi connectivity index (χ1) is 8.39. The zero-order valence-electron chi connectivity index (χ0n) is 9.72. The van der Waals surface area contributed by atoms with Crippen molar-refractivity contribution in [3.05, 3.63) is 28.7 Å². The number of benzene rings is 1. The largest absolute Gasteiger partial charge is 0.481 e. The highest BCUT2D eigenvalue weighted by molar-refractivity contribution is 9.10. The van der Waals surface area contributed by atoms with E-state index in [1.54, 1.807) is 19.1 Å². The van der Waals surface area contributed by atoms with Crippen molar-refractivity contribution in [1.82, 2.24) is 0 Å². The van der Waals surface area contributed by atoms with E-state index in [0.29, 0.717) is 5.69 Å². The van der Waals surface area contributed by atoms with Crippen LogP contribution in [0.25, 0.3) is 0 Å².